The largest absolute Gasteiger partial charge is 0.497 e. The number of para-hydroxylation sites is 1. The van der Waals surface area contributed by atoms with E-state index in [1.807, 2.05) is 42.5 Å². The summed E-state index contributed by atoms with van der Waals surface area (Å²) in [4.78, 5) is 26.4. The minimum atomic E-state index is -0.994. The summed E-state index contributed by atoms with van der Waals surface area (Å²) in [7, 11) is 3.16. The average molecular weight is 566 g/mol. The number of carbonyl (C=O) groups is 2. The molecule has 6 rings (SSSR count). The lowest BCUT2D eigenvalue weighted by Gasteiger charge is -2.37. The number of nitrogens with one attached hydrogen (secondary N) is 1. The number of ketones is 1. The normalized spacial score (nSPS) is 16.9. The maximum Gasteiger partial charge on any atom is 0.251 e. The molecule has 2 atom stereocenters. The lowest BCUT2D eigenvalue weighted by Crippen LogP contribution is -2.45. The summed E-state index contributed by atoms with van der Waals surface area (Å²) < 4.78 is 30.3. The van der Waals surface area contributed by atoms with E-state index in [1.54, 1.807) is 43.5 Å². The smallest absolute Gasteiger partial charge is 0.251 e. The number of benzene rings is 4. The second-order valence-corrected chi connectivity index (χ2v) is 9.96. The van der Waals surface area contributed by atoms with E-state index < -0.39 is 12.0 Å². The third kappa shape index (κ3) is 5.16. The molecule has 0 aromatic heterocycles. The molecule has 1 N–H and O–H groups in total. The van der Waals surface area contributed by atoms with E-state index in [2.05, 4.69) is 5.32 Å². The lowest BCUT2D eigenvalue weighted by atomic mass is 9.95. The number of carbonyl (C=O) groups excluding carboxylic acids is 2. The van der Waals surface area contributed by atoms with Crippen molar-refractivity contribution in [2.45, 2.75) is 25.2 Å². The van der Waals surface area contributed by atoms with Gasteiger partial charge in [-0.2, -0.15) is 5.10 Å². The van der Waals surface area contributed by atoms with Crippen LogP contribution in [-0.2, 0) is 6.54 Å². The molecule has 4 aromatic carbocycles. The molecule has 0 fully saturated rings. The number of amides is 1. The first kappa shape index (κ1) is 27.0. The second-order valence-electron chi connectivity index (χ2n) is 9.96. The summed E-state index contributed by atoms with van der Waals surface area (Å²) in [6.07, 6.45) is -0.444. The summed E-state index contributed by atoms with van der Waals surface area (Å²) in [5.74, 6) is 0.994. The molecule has 4 aromatic rings. The zero-order valence-corrected chi connectivity index (χ0v) is 23.0. The highest BCUT2D eigenvalue weighted by molar-refractivity contribution is 6.04. The van der Waals surface area contributed by atoms with Gasteiger partial charge in [0.2, 0.25) is 5.78 Å². The monoisotopic (exact) mass is 565 g/mol. The van der Waals surface area contributed by atoms with Crippen LogP contribution in [0.4, 0.5) is 4.39 Å². The number of hydrogen-bond acceptors (Lipinski definition) is 7. The molecule has 2 unspecified atom stereocenters. The molecule has 2 aliphatic heterocycles. The number of halogens is 1. The number of hydrazone groups is 1. The predicted octanol–water partition coefficient (Wildman–Crippen LogP) is 5.53. The molecule has 0 radical (unpaired) electrons. The maximum absolute atomic E-state index is 13.5. The van der Waals surface area contributed by atoms with Crippen molar-refractivity contribution in [3.63, 3.8) is 0 Å². The number of fused-ring (bicyclic) bond motifs is 3. The highest BCUT2D eigenvalue weighted by Crippen LogP contribution is 2.43. The third-order valence-corrected chi connectivity index (χ3v) is 7.46. The Hall–Kier alpha value is -5.18. The van der Waals surface area contributed by atoms with E-state index in [-0.39, 0.29) is 24.3 Å². The van der Waals surface area contributed by atoms with E-state index in [1.165, 1.54) is 24.3 Å². The van der Waals surface area contributed by atoms with Crippen molar-refractivity contribution in [3.8, 4) is 17.2 Å². The third-order valence-electron chi connectivity index (χ3n) is 7.46. The zero-order chi connectivity index (χ0) is 29.2. The molecule has 9 heteroatoms. The minimum absolute atomic E-state index is 0.208. The number of Topliss-reactive ketones (excluding diaryl/α,β-unsaturated/α-hetero) is 1. The van der Waals surface area contributed by atoms with Crippen molar-refractivity contribution in [2.24, 2.45) is 5.10 Å². The van der Waals surface area contributed by atoms with Crippen LogP contribution in [0.5, 0.6) is 17.2 Å². The zero-order valence-electron chi connectivity index (χ0n) is 23.0. The molecular weight excluding hydrogens is 537 g/mol. The summed E-state index contributed by atoms with van der Waals surface area (Å²) in [6.45, 7) is 0.271. The lowest BCUT2D eigenvalue weighted by molar-refractivity contribution is -0.00456. The number of methoxy groups -OCH3 is 2. The molecular formula is C33H28FN3O5. The molecule has 0 saturated carbocycles. The highest BCUT2D eigenvalue weighted by Gasteiger charge is 2.43. The van der Waals surface area contributed by atoms with Crippen molar-refractivity contribution in [1.82, 2.24) is 10.3 Å². The Bertz CT molecular complexity index is 1670. The van der Waals surface area contributed by atoms with Crippen molar-refractivity contribution in [2.75, 3.05) is 14.2 Å². The highest BCUT2D eigenvalue weighted by atomic mass is 19.1. The van der Waals surface area contributed by atoms with Crippen molar-refractivity contribution in [3.05, 3.63) is 125 Å². The van der Waals surface area contributed by atoms with Crippen LogP contribution in [-0.4, -0.2) is 42.9 Å². The molecule has 212 valence electrons. The second kappa shape index (κ2) is 11.4. The van der Waals surface area contributed by atoms with E-state index in [0.717, 1.165) is 22.4 Å². The van der Waals surface area contributed by atoms with Gasteiger partial charge in [-0.3, -0.25) is 9.59 Å². The van der Waals surface area contributed by atoms with Gasteiger partial charge in [0.05, 0.1) is 26.0 Å². The molecule has 0 spiro atoms. The fourth-order valence-electron chi connectivity index (χ4n) is 5.25. The van der Waals surface area contributed by atoms with Crippen LogP contribution in [0.15, 0.2) is 96.1 Å². The van der Waals surface area contributed by atoms with Crippen LogP contribution >= 0.6 is 0 Å². The summed E-state index contributed by atoms with van der Waals surface area (Å²) >= 11 is 0. The van der Waals surface area contributed by atoms with E-state index in [9.17, 15) is 14.0 Å². The van der Waals surface area contributed by atoms with Crippen LogP contribution in [0.1, 0.15) is 49.9 Å². The molecule has 0 bridgehead atoms. The Labute approximate surface area is 242 Å². The van der Waals surface area contributed by atoms with Gasteiger partial charge in [0.15, 0.2) is 0 Å². The Morgan fingerprint density at radius 1 is 0.952 bits per heavy atom. The standard InChI is InChI=1S/C33H28FN3O5/c1-40-25-15-16-29(41-2)23(17-25)19-35-32(39)22-9-7-20(8-10-22)27-18-28-26-5-3-4-6-30(26)42-33(37(28)36-27)31(38)21-11-13-24(34)14-12-21/h3-17,28,33H,18-19H2,1-2H3,(H,35,39). The fourth-order valence-corrected chi connectivity index (χ4v) is 5.25. The van der Waals surface area contributed by atoms with Gasteiger partial charge in [0.1, 0.15) is 23.1 Å². The molecule has 0 saturated heterocycles. The van der Waals surface area contributed by atoms with Crippen LogP contribution in [0.25, 0.3) is 0 Å². The van der Waals surface area contributed by atoms with Crippen molar-refractivity contribution < 1.29 is 28.2 Å². The van der Waals surface area contributed by atoms with Gasteiger partial charge in [-0.05, 0) is 66.2 Å². The average Bonchev–Trinajstić information content (AvgIpc) is 3.49. The van der Waals surface area contributed by atoms with Gasteiger partial charge in [0.25, 0.3) is 12.1 Å². The summed E-state index contributed by atoms with van der Waals surface area (Å²) in [5, 5.41) is 9.43. The Balaban J connectivity index is 1.21. The first-order chi connectivity index (χ1) is 20.4. The van der Waals surface area contributed by atoms with Gasteiger partial charge in [-0.1, -0.05) is 30.3 Å². The van der Waals surface area contributed by atoms with Gasteiger partial charge >= 0.3 is 0 Å². The molecule has 1 amide bonds. The minimum Gasteiger partial charge on any atom is -0.497 e. The Morgan fingerprint density at radius 2 is 1.69 bits per heavy atom. The Kier molecular flexibility index (Phi) is 7.31. The summed E-state index contributed by atoms with van der Waals surface area (Å²) in [6, 6.07) is 25.4. The first-order valence-corrected chi connectivity index (χ1v) is 13.5. The van der Waals surface area contributed by atoms with E-state index in [0.29, 0.717) is 34.8 Å². The van der Waals surface area contributed by atoms with Gasteiger partial charge in [0, 0.05) is 35.2 Å². The molecule has 42 heavy (non-hydrogen) atoms. The van der Waals surface area contributed by atoms with E-state index in [4.69, 9.17) is 19.3 Å². The predicted molar refractivity (Wildman–Crippen MR) is 154 cm³/mol. The molecule has 2 aliphatic rings. The van der Waals surface area contributed by atoms with Gasteiger partial charge in [-0.25, -0.2) is 9.40 Å². The van der Waals surface area contributed by atoms with Crippen LogP contribution in [0.3, 0.4) is 0 Å². The summed E-state index contributed by atoms with van der Waals surface area (Å²) in [5.41, 5.74) is 4.17. The van der Waals surface area contributed by atoms with Crippen LogP contribution in [0.2, 0.25) is 0 Å². The fraction of sp³-hybridized carbons (Fsp3) is 0.182. The molecule has 2 heterocycles. The van der Waals surface area contributed by atoms with Crippen molar-refractivity contribution in [1.29, 1.82) is 0 Å². The molecule has 8 nitrogen and oxygen atoms in total. The SMILES string of the molecule is COc1ccc(OC)c(CNC(=O)c2ccc(C3=NN4C(C(=O)c5ccc(F)cc5)Oc5ccccc5C4C3)cc2)c1. The van der Waals surface area contributed by atoms with Crippen molar-refractivity contribution >= 4 is 17.4 Å². The van der Waals surface area contributed by atoms with Gasteiger partial charge in [-0.15, -0.1) is 0 Å². The number of rotatable bonds is 8. The quantitative estimate of drug-likeness (QED) is 0.283. The van der Waals surface area contributed by atoms with Crippen LogP contribution in [0, 0.1) is 5.82 Å². The molecule has 0 aliphatic carbocycles. The number of ether oxygens (including phenoxy) is 3. The number of hydrogen-bond donors (Lipinski definition) is 1. The van der Waals surface area contributed by atoms with Gasteiger partial charge < -0.3 is 19.5 Å². The first-order valence-electron chi connectivity index (χ1n) is 13.5. The Morgan fingerprint density at radius 3 is 2.43 bits per heavy atom. The maximum atomic E-state index is 13.5. The van der Waals surface area contributed by atoms with Crippen LogP contribution < -0.4 is 19.5 Å². The topological polar surface area (TPSA) is 89.5 Å². The van der Waals surface area contributed by atoms with E-state index >= 15 is 0 Å². The number of nitrogens with zero attached hydrogens (tertiary/aromatic N) is 2.